The number of carboxylic acid groups (broad SMARTS) is 2. The van der Waals surface area contributed by atoms with Gasteiger partial charge in [0.05, 0.1) is 11.8 Å². The van der Waals surface area contributed by atoms with Crippen LogP contribution in [0.2, 0.25) is 0 Å². The molecule has 5 heteroatoms. The van der Waals surface area contributed by atoms with E-state index < -0.39 is 17.4 Å². The first-order valence-electron chi connectivity index (χ1n) is 8.93. The second kappa shape index (κ2) is 15.5. The summed E-state index contributed by atoms with van der Waals surface area (Å²) in [4.78, 5) is 22.9. The van der Waals surface area contributed by atoms with Gasteiger partial charge in [-0.1, -0.05) is 78.1 Å². The summed E-state index contributed by atoms with van der Waals surface area (Å²) >= 11 is 0. The zero-order chi connectivity index (χ0) is 16.8. The van der Waals surface area contributed by atoms with Crippen LogP contribution in [0.4, 0.5) is 0 Å². The van der Waals surface area contributed by atoms with Gasteiger partial charge in [0.2, 0.25) is 0 Å². The van der Waals surface area contributed by atoms with Gasteiger partial charge in [0.15, 0.2) is 0 Å². The molecule has 0 aliphatic rings. The van der Waals surface area contributed by atoms with E-state index in [-0.39, 0.29) is 36.0 Å². The predicted molar refractivity (Wildman–Crippen MR) is 96.2 cm³/mol. The minimum atomic E-state index is -1.07. The van der Waals surface area contributed by atoms with Crippen LogP contribution in [0.25, 0.3) is 0 Å². The predicted octanol–water partition coefficient (Wildman–Crippen LogP) is 4.60. The first-order valence-corrected chi connectivity index (χ1v) is 8.93. The first-order chi connectivity index (χ1) is 10.5. The van der Waals surface area contributed by atoms with Crippen LogP contribution >= 0.6 is 0 Å². The van der Waals surface area contributed by atoms with E-state index in [9.17, 15) is 14.7 Å². The number of unbranched alkanes of at least 4 members (excludes halogenated alkanes) is 8. The molecule has 0 fully saturated rings. The molecular weight excluding hydrogens is 303 g/mol. The molecule has 4 nitrogen and oxygen atoms in total. The van der Waals surface area contributed by atoms with Crippen molar-refractivity contribution in [2.45, 2.75) is 97.3 Å². The Morgan fingerprint density at radius 2 is 1.13 bits per heavy atom. The molecule has 0 aromatic heterocycles. The van der Waals surface area contributed by atoms with E-state index in [1.54, 1.807) is 0 Å². The molecule has 0 saturated heterocycles. The molecule has 0 spiro atoms. The Labute approximate surface area is 163 Å². The van der Waals surface area contributed by atoms with E-state index in [4.69, 9.17) is 5.11 Å². The van der Waals surface area contributed by atoms with Gasteiger partial charge in [0, 0.05) is 0 Å². The fourth-order valence-electron chi connectivity index (χ4n) is 3.01. The minimum absolute atomic E-state index is 0. The second-order valence-corrected chi connectivity index (χ2v) is 6.48. The van der Waals surface area contributed by atoms with Gasteiger partial charge in [-0.15, -0.1) is 0 Å². The molecule has 0 aromatic carbocycles. The molecule has 2 N–H and O–H groups in total. The van der Waals surface area contributed by atoms with Crippen molar-refractivity contribution in [3.63, 3.8) is 0 Å². The summed E-state index contributed by atoms with van der Waals surface area (Å²) in [5.41, 5.74) is -1.07. The van der Waals surface area contributed by atoms with Gasteiger partial charge < -0.3 is 10.2 Å². The molecule has 23 heavy (non-hydrogen) atoms. The van der Waals surface area contributed by atoms with Crippen molar-refractivity contribution in [3.8, 4) is 0 Å². The molecule has 0 unspecified atom stereocenters. The molecule has 0 atom stereocenters. The van der Waals surface area contributed by atoms with E-state index in [1.165, 1.54) is 0 Å². The maximum atomic E-state index is 11.7. The Bertz CT molecular complexity index is 304. The average molecular weight is 338 g/mol. The van der Waals surface area contributed by atoms with Crippen molar-refractivity contribution >= 4 is 41.5 Å². The molecule has 0 heterocycles. The van der Waals surface area contributed by atoms with Crippen LogP contribution in [0.5, 0.6) is 0 Å². The summed E-state index contributed by atoms with van der Waals surface area (Å²) in [7, 11) is 0. The van der Waals surface area contributed by atoms with Crippen LogP contribution in [0.15, 0.2) is 0 Å². The molecule has 0 amide bonds. The average Bonchev–Trinajstić information content (AvgIpc) is 2.45. The summed E-state index contributed by atoms with van der Waals surface area (Å²) in [6, 6.07) is 0. The summed E-state index contributed by atoms with van der Waals surface area (Å²) in [5, 5.41) is 18.7. The van der Waals surface area contributed by atoms with Crippen molar-refractivity contribution in [2.24, 2.45) is 5.41 Å². The zero-order valence-corrected chi connectivity index (χ0v) is 14.4. The van der Waals surface area contributed by atoms with Crippen LogP contribution in [-0.4, -0.2) is 51.7 Å². The van der Waals surface area contributed by atoms with Gasteiger partial charge >= 0.3 is 41.5 Å². The quantitative estimate of drug-likeness (QED) is 0.338. The molecule has 0 radical (unpaired) electrons. The van der Waals surface area contributed by atoms with Crippen molar-refractivity contribution in [2.75, 3.05) is 0 Å². The van der Waals surface area contributed by atoms with Crippen molar-refractivity contribution in [1.82, 2.24) is 0 Å². The summed E-state index contributed by atoms with van der Waals surface area (Å²) < 4.78 is 0. The Hall–Kier alpha value is -0.0600. The maximum absolute atomic E-state index is 11.7. The fraction of sp³-hybridized carbons (Fsp3) is 0.889. The van der Waals surface area contributed by atoms with Crippen molar-refractivity contribution < 1.29 is 19.8 Å². The van der Waals surface area contributed by atoms with Crippen LogP contribution in [0.1, 0.15) is 97.3 Å². The van der Waals surface area contributed by atoms with Gasteiger partial charge in [-0.05, 0) is 12.8 Å². The fourth-order valence-corrected chi connectivity index (χ4v) is 3.01. The Morgan fingerprint density at radius 3 is 1.43 bits per heavy atom. The van der Waals surface area contributed by atoms with Gasteiger partial charge in [0.25, 0.3) is 0 Å². The topological polar surface area (TPSA) is 74.6 Å². The van der Waals surface area contributed by atoms with Crippen LogP contribution in [0.3, 0.4) is 0 Å². The SMILES string of the molecule is CCCCCCCC(CCCCCCC)(CC(=O)O)C(=O)O.[NaH]. The van der Waals surface area contributed by atoms with E-state index in [2.05, 4.69) is 13.8 Å². The Balaban J connectivity index is 0. The van der Waals surface area contributed by atoms with Crippen LogP contribution in [0, 0.1) is 5.41 Å². The van der Waals surface area contributed by atoms with E-state index in [0.717, 1.165) is 64.2 Å². The number of carbonyl (C=O) groups is 2. The number of hydrogen-bond acceptors (Lipinski definition) is 2. The standard InChI is InChI=1S/C18H34O4.Na.H/c1-3-5-7-9-11-13-18(17(21)22,15-16(19)20)14-12-10-8-6-4-2;;/h3-15H2,1-2H3,(H,19,20)(H,21,22);;. The molecule has 0 rings (SSSR count). The third-order valence-corrected chi connectivity index (χ3v) is 4.46. The summed E-state index contributed by atoms with van der Waals surface area (Å²) in [6.07, 6.45) is 11.2. The Morgan fingerprint density at radius 1 is 0.739 bits per heavy atom. The normalized spacial score (nSPS) is 11.0. The molecule has 0 saturated carbocycles. The first kappa shape index (κ1) is 25.2. The number of aliphatic carboxylic acids is 2. The molecule has 0 aromatic rings. The second-order valence-electron chi connectivity index (χ2n) is 6.48. The van der Waals surface area contributed by atoms with E-state index >= 15 is 0 Å². The molecule has 0 aliphatic heterocycles. The van der Waals surface area contributed by atoms with Crippen LogP contribution in [-0.2, 0) is 9.59 Å². The molecule has 132 valence electrons. The number of rotatable bonds is 15. The monoisotopic (exact) mass is 338 g/mol. The van der Waals surface area contributed by atoms with Gasteiger partial charge in [-0.25, -0.2) is 0 Å². The number of hydrogen-bond donors (Lipinski definition) is 2. The third kappa shape index (κ3) is 12.0. The molecular formula is C18H35NaO4. The van der Waals surface area contributed by atoms with Crippen molar-refractivity contribution in [1.29, 1.82) is 0 Å². The van der Waals surface area contributed by atoms with Crippen molar-refractivity contribution in [3.05, 3.63) is 0 Å². The zero-order valence-electron chi connectivity index (χ0n) is 14.4. The van der Waals surface area contributed by atoms with Crippen LogP contribution < -0.4 is 0 Å². The summed E-state index contributed by atoms with van der Waals surface area (Å²) in [5.74, 6) is -1.93. The Kier molecular flexibility index (Phi) is 16.9. The number of carboxylic acids is 2. The summed E-state index contributed by atoms with van der Waals surface area (Å²) in [6.45, 7) is 4.28. The van der Waals surface area contributed by atoms with E-state index in [1.807, 2.05) is 0 Å². The molecule has 0 aliphatic carbocycles. The van der Waals surface area contributed by atoms with Gasteiger partial charge in [-0.2, -0.15) is 0 Å². The molecule has 0 bridgehead atoms. The third-order valence-electron chi connectivity index (χ3n) is 4.46. The van der Waals surface area contributed by atoms with Gasteiger partial charge in [-0.3, -0.25) is 9.59 Å². The van der Waals surface area contributed by atoms with Gasteiger partial charge in [0.1, 0.15) is 0 Å². The van der Waals surface area contributed by atoms with E-state index in [0.29, 0.717) is 12.8 Å².